The summed E-state index contributed by atoms with van der Waals surface area (Å²) in [5.74, 6) is 0.952. The summed E-state index contributed by atoms with van der Waals surface area (Å²) in [5, 5.41) is 4.18. The lowest BCUT2D eigenvalue weighted by molar-refractivity contribution is 0.922. The number of rotatable bonds is 8. The number of aryl methyl sites for hydroxylation is 3. The van der Waals surface area contributed by atoms with Gasteiger partial charge in [-0.15, -0.1) is 0 Å². The molecule has 35 heavy (non-hydrogen) atoms. The van der Waals surface area contributed by atoms with Crippen molar-refractivity contribution in [2.24, 2.45) is 0 Å². The summed E-state index contributed by atoms with van der Waals surface area (Å²) in [6.45, 7) is 8.70. The predicted molar refractivity (Wildman–Crippen MR) is 154 cm³/mol. The summed E-state index contributed by atoms with van der Waals surface area (Å²) in [6, 6.07) is 17.0. The topological polar surface area (TPSA) is 63.8 Å². The van der Waals surface area contributed by atoms with Gasteiger partial charge in [-0.05, 0) is 78.8 Å². The van der Waals surface area contributed by atoms with Crippen molar-refractivity contribution in [1.82, 2.24) is 9.97 Å². The molecule has 0 aliphatic rings. The minimum Gasteiger partial charge on any atom is -0.383 e. The van der Waals surface area contributed by atoms with Gasteiger partial charge in [0.15, 0.2) is 0 Å². The standard InChI is InChI=1S/C30H33BrN4/c1-5-7-8-10-22-15-19(3)27(20(4)16-22)25-17-23(31)18-26-28(25)34-30(35-29(26)32)33-24-13-11-21(9-6-2)12-14-24/h8,10-18H,5-7,9H2,1-4H3,(H3,32,33,34,35)/b10-8+. The molecule has 4 nitrogen and oxygen atoms in total. The van der Waals surface area contributed by atoms with Crippen LogP contribution in [0, 0.1) is 13.8 Å². The summed E-state index contributed by atoms with van der Waals surface area (Å²) in [7, 11) is 0. The molecule has 0 bridgehead atoms. The first-order valence-corrected chi connectivity index (χ1v) is 13.1. The zero-order chi connectivity index (χ0) is 24.9. The van der Waals surface area contributed by atoms with Gasteiger partial charge in [0.25, 0.3) is 0 Å². The Kier molecular flexibility index (Phi) is 7.86. The Balaban J connectivity index is 1.79. The Hall–Kier alpha value is -3.18. The molecule has 4 aromatic rings. The Bertz CT molecular complexity index is 1350. The van der Waals surface area contributed by atoms with Gasteiger partial charge in [0.1, 0.15) is 5.82 Å². The molecule has 0 radical (unpaired) electrons. The lowest BCUT2D eigenvalue weighted by atomic mass is 9.92. The normalized spacial score (nSPS) is 11.5. The van der Waals surface area contributed by atoms with Gasteiger partial charge < -0.3 is 11.1 Å². The first-order valence-electron chi connectivity index (χ1n) is 12.3. The van der Waals surface area contributed by atoms with Crippen molar-refractivity contribution < 1.29 is 0 Å². The second-order valence-corrected chi connectivity index (χ2v) is 9.99. The number of unbranched alkanes of at least 4 members (excludes halogenated alkanes) is 1. The van der Waals surface area contributed by atoms with Gasteiger partial charge in [-0.25, -0.2) is 4.98 Å². The SMILES string of the molecule is CCC/C=C/c1cc(C)c(-c2cc(Br)cc3c(N)nc(Nc4ccc(CCC)cc4)nc23)c(C)c1. The lowest BCUT2D eigenvalue weighted by Gasteiger charge is -2.16. The van der Waals surface area contributed by atoms with Crippen molar-refractivity contribution in [3.05, 3.63) is 81.3 Å². The number of allylic oxidation sites excluding steroid dienone is 1. The van der Waals surface area contributed by atoms with Crippen LogP contribution in [0.4, 0.5) is 17.5 Å². The van der Waals surface area contributed by atoms with Crippen LogP contribution in [0.3, 0.4) is 0 Å². The third kappa shape index (κ3) is 5.73. The van der Waals surface area contributed by atoms with Crippen molar-refractivity contribution >= 4 is 50.4 Å². The van der Waals surface area contributed by atoms with Gasteiger partial charge in [-0.2, -0.15) is 4.98 Å². The lowest BCUT2D eigenvalue weighted by Crippen LogP contribution is -2.03. The molecule has 3 aromatic carbocycles. The maximum absolute atomic E-state index is 6.44. The van der Waals surface area contributed by atoms with E-state index in [1.165, 1.54) is 27.8 Å². The fourth-order valence-electron chi connectivity index (χ4n) is 4.54. The number of fused-ring (bicyclic) bond motifs is 1. The van der Waals surface area contributed by atoms with Gasteiger partial charge in [-0.1, -0.05) is 79.0 Å². The number of benzene rings is 3. The van der Waals surface area contributed by atoms with Crippen LogP contribution in [0.2, 0.25) is 0 Å². The number of hydrogen-bond donors (Lipinski definition) is 2. The van der Waals surface area contributed by atoms with Gasteiger partial charge in [0, 0.05) is 21.1 Å². The zero-order valence-corrected chi connectivity index (χ0v) is 22.5. The number of anilines is 3. The molecule has 0 unspecified atom stereocenters. The summed E-state index contributed by atoms with van der Waals surface area (Å²) in [6.07, 6.45) is 8.89. The Labute approximate surface area is 216 Å². The van der Waals surface area contributed by atoms with E-state index in [4.69, 9.17) is 10.7 Å². The molecule has 0 atom stereocenters. The van der Waals surface area contributed by atoms with Crippen LogP contribution in [-0.2, 0) is 6.42 Å². The average molecular weight is 530 g/mol. The van der Waals surface area contributed by atoms with Crippen molar-refractivity contribution in [2.75, 3.05) is 11.1 Å². The molecule has 0 aliphatic carbocycles. The van der Waals surface area contributed by atoms with Gasteiger partial charge >= 0.3 is 0 Å². The Morgan fingerprint density at radius 3 is 2.31 bits per heavy atom. The quantitative estimate of drug-likeness (QED) is 0.240. The second-order valence-electron chi connectivity index (χ2n) is 9.07. The van der Waals surface area contributed by atoms with Crippen LogP contribution in [-0.4, -0.2) is 9.97 Å². The number of nitrogens with one attached hydrogen (secondary N) is 1. The maximum Gasteiger partial charge on any atom is 0.229 e. The smallest absolute Gasteiger partial charge is 0.229 e. The highest BCUT2D eigenvalue weighted by Crippen LogP contribution is 2.38. The van der Waals surface area contributed by atoms with E-state index in [2.05, 4.69) is 109 Å². The first kappa shape index (κ1) is 24.9. The average Bonchev–Trinajstić information content (AvgIpc) is 2.81. The van der Waals surface area contributed by atoms with E-state index < -0.39 is 0 Å². The third-order valence-electron chi connectivity index (χ3n) is 6.13. The number of nitrogens with zero attached hydrogens (tertiary/aromatic N) is 2. The predicted octanol–water partition coefficient (Wildman–Crippen LogP) is 8.77. The van der Waals surface area contributed by atoms with E-state index >= 15 is 0 Å². The van der Waals surface area contributed by atoms with Crippen LogP contribution >= 0.6 is 15.9 Å². The molecule has 3 N–H and O–H groups in total. The monoisotopic (exact) mass is 528 g/mol. The number of nitrogens with two attached hydrogens (primary N) is 1. The molecule has 180 valence electrons. The van der Waals surface area contributed by atoms with Gasteiger partial charge in [-0.3, -0.25) is 0 Å². The van der Waals surface area contributed by atoms with Crippen LogP contribution in [0.25, 0.3) is 28.1 Å². The molecule has 0 fully saturated rings. The van der Waals surface area contributed by atoms with Crippen molar-refractivity contribution in [3.63, 3.8) is 0 Å². The third-order valence-corrected chi connectivity index (χ3v) is 6.59. The summed E-state index contributed by atoms with van der Waals surface area (Å²) in [5.41, 5.74) is 15.4. The van der Waals surface area contributed by atoms with Crippen LogP contribution in [0.15, 0.2) is 59.1 Å². The minimum atomic E-state index is 0.456. The molecule has 1 heterocycles. The molecule has 4 rings (SSSR count). The zero-order valence-electron chi connectivity index (χ0n) is 21.0. The van der Waals surface area contributed by atoms with E-state index in [9.17, 15) is 0 Å². The fourth-order valence-corrected chi connectivity index (χ4v) is 5.00. The maximum atomic E-state index is 6.44. The number of nitrogen functional groups attached to an aromatic ring is 1. The minimum absolute atomic E-state index is 0.456. The molecule has 1 aromatic heterocycles. The van der Waals surface area contributed by atoms with Crippen LogP contribution in [0.5, 0.6) is 0 Å². The van der Waals surface area contributed by atoms with E-state index in [1.54, 1.807) is 0 Å². The van der Waals surface area contributed by atoms with E-state index in [-0.39, 0.29) is 0 Å². The largest absolute Gasteiger partial charge is 0.383 e. The Morgan fingerprint density at radius 1 is 0.943 bits per heavy atom. The fraction of sp³-hybridized carbons (Fsp3) is 0.267. The summed E-state index contributed by atoms with van der Waals surface area (Å²) >= 11 is 3.67. The van der Waals surface area contributed by atoms with Crippen molar-refractivity contribution in [2.45, 2.75) is 53.4 Å². The number of hydrogen-bond acceptors (Lipinski definition) is 4. The molecular formula is C30H33BrN4. The summed E-state index contributed by atoms with van der Waals surface area (Å²) in [4.78, 5) is 9.49. The van der Waals surface area contributed by atoms with E-state index in [0.717, 1.165) is 52.3 Å². The van der Waals surface area contributed by atoms with Gasteiger partial charge in [0.2, 0.25) is 5.95 Å². The van der Waals surface area contributed by atoms with Crippen LogP contribution < -0.4 is 11.1 Å². The highest BCUT2D eigenvalue weighted by Gasteiger charge is 2.16. The summed E-state index contributed by atoms with van der Waals surface area (Å²) < 4.78 is 0.952. The van der Waals surface area contributed by atoms with Crippen molar-refractivity contribution in [3.8, 4) is 11.1 Å². The highest BCUT2D eigenvalue weighted by atomic mass is 79.9. The Morgan fingerprint density at radius 2 is 1.66 bits per heavy atom. The second kappa shape index (κ2) is 11.0. The highest BCUT2D eigenvalue weighted by molar-refractivity contribution is 9.10. The molecule has 0 spiro atoms. The molecule has 0 saturated carbocycles. The van der Waals surface area contributed by atoms with E-state index in [0.29, 0.717) is 11.8 Å². The van der Waals surface area contributed by atoms with Gasteiger partial charge in [0.05, 0.1) is 5.52 Å². The van der Waals surface area contributed by atoms with Crippen molar-refractivity contribution in [1.29, 1.82) is 0 Å². The number of halogens is 1. The van der Waals surface area contributed by atoms with E-state index in [1.807, 2.05) is 6.07 Å². The molecular weight excluding hydrogens is 496 g/mol. The molecule has 0 aliphatic heterocycles. The number of aromatic nitrogens is 2. The molecule has 5 heteroatoms. The molecule has 0 saturated heterocycles. The first-order chi connectivity index (χ1) is 16.9. The molecule has 0 amide bonds. The van der Waals surface area contributed by atoms with Crippen LogP contribution in [0.1, 0.15) is 55.4 Å².